The lowest BCUT2D eigenvalue weighted by Gasteiger charge is -2.15. The summed E-state index contributed by atoms with van der Waals surface area (Å²) in [7, 11) is 0. The van der Waals surface area contributed by atoms with Gasteiger partial charge in [-0.2, -0.15) is 0 Å². The number of oxazole rings is 1. The summed E-state index contributed by atoms with van der Waals surface area (Å²) in [5, 5.41) is 3.65. The van der Waals surface area contributed by atoms with Crippen molar-refractivity contribution in [2.24, 2.45) is 0 Å². The van der Waals surface area contributed by atoms with Crippen molar-refractivity contribution in [1.29, 1.82) is 0 Å². The van der Waals surface area contributed by atoms with Gasteiger partial charge in [-0.3, -0.25) is 4.79 Å². The molecule has 7 heteroatoms. The van der Waals surface area contributed by atoms with E-state index in [0.717, 1.165) is 5.52 Å². The molecule has 0 radical (unpaired) electrons. The van der Waals surface area contributed by atoms with Gasteiger partial charge in [-0.25, -0.2) is 4.98 Å². The fraction of sp³-hybridized carbons (Fsp3) is 0.263. The maximum Gasteiger partial charge on any atom is 0.265 e. The van der Waals surface area contributed by atoms with E-state index < -0.39 is 6.10 Å². The number of hydrogen-bond acceptors (Lipinski definition) is 4. The van der Waals surface area contributed by atoms with Gasteiger partial charge in [-0.1, -0.05) is 37.0 Å². The summed E-state index contributed by atoms with van der Waals surface area (Å²) in [6, 6.07) is 10.2. The average Bonchev–Trinajstić information content (AvgIpc) is 3.01. The van der Waals surface area contributed by atoms with Gasteiger partial charge in [0, 0.05) is 22.7 Å². The van der Waals surface area contributed by atoms with Crippen LogP contribution in [0.5, 0.6) is 5.75 Å². The predicted molar refractivity (Wildman–Crippen MR) is 103 cm³/mol. The first-order valence-electron chi connectivity index (χ1n) is 8.16. The highest BCUT2D eigenvalue weighted by Gasteiger charge is 2.17. The van der Waals surface area contributed by atoms with E-state index >= 15 is 0 Å². The van der Waals surface area contributed by atoms with Crippen LogP contribution in [-0.4, -0.2) is 17.0 Å². The van der Waals surface area contributed by atoms with Crippen molar-refractivity contribution in [3.05, 3.63) is 52.3 Å². The molecule has 0 aliphatic heterocycles. The Morgan fingerprint density at radius 1 is 1.15 bits per heavy atom. The number of rotatable bonds is 5. The minimum atomic E-state index is -0.745. The van der Waals surface area contributed by atoms with Crippen LogP contribution in [0.3, 0.4) is 0 Å². The summed E-state index contributed by atoms with van der Waals surface area (Å²) < 4.78 is 11.3. The monoisotopic (exact) mass is 392 g/mol. The Kier molecular flexibility index (Phi) is 5.39. The predicted octanol–water partition coefficient (Wildman–Crippen LogP) is 5.66. The highest BCUT2D eigenvalue weighted by atomic mass is 35.5. The van der Waals surface area contributed by atoms with Crippen LogP contribution in [0.1, 0.15) is 32.6 Å². The second kappa shape index (κ2) is 7.56. The molecule has 26 heavy (non-hydrogen) atoms. The third-order valence-electron chi connectivity index (χ3n) is 3.73. The summed E-state index contributed by atoms with van der Waals surface area (Å²) in [4.78, 5) is 16.8. The van der Waals surface area contributed by atoms with Gasteiger partial charge in [0.2, 0.25) is 0 Å². The number of ether oxygens (including phenoxy) is 1. The molecule has 1 amide bonds. The molecule has 1 atom stereocenters. The number of nitrogens with zero attached hydrogens (tertiary/aromatic N) is 1. The minimum absolute atomic E-state index is 0.193. The molecule has 1 aromatic heterocycles. The van der Waals surface area contributed by atoms with E-state index in [1.165, 1.54) is 0 Å². The van der Waals surface area contributed by atoms with E-state index in [4.69, 9.17) is 32.4 Å². The SMILES string of the molecule is CC(Oc1ccc(Cl)cc1Cl)C(=O)Nc1ccc2nc(C(C)C)oc2c1. The van der Waals surface area contributed by atoms with E-state index in [9.17, 15) is 4.79 Å². The Hall–Kier alpha value is -2.24. The lowest BCUT2D eigenvalue weighted by Crippen LogP contribution is -2.30. The van der Waals surface area contributed by atoms with Crippen molar-refractivity contribution in [3.8, 4) is 5.75 Å². The van der Waals surface area contributed by atoms with Gasteiger partial charge in [-0.15, -0.1) is 0 Å². The standard InChI is InChI=1S/C19H18Cl2N2O3/c1-10(2)19-23-15-6-5-13(9-17(15)26-19)22-18(24)11(3)25-16-7-4-12(20)8-14(16)21/h4-11H,1-3H3,(H,22,24). The molecule has 0 bridgehead atoms. The van der Waals surface area contributed by atoms with E-state index in [0.29, 0.717) is 33.0 Å². The first-order chi connectivity index (χ1) is 12.3. The second-order valence-corrected chi connectivity index (χ2v) is 7.06. The molecule has 0 fully saturated rings. The Morgan fingerprint density at radius 3 is 2.62 bits per heavy atom. The van der Waals surface area contributed by atoms with E-state index in [1.807, 2.05) is 19.9 Å². The number of amides is 1. The minimum Gasteiger partial charge on any atom is -0.479 e. The van der Waals surface area contributed by atoms with Crippen LogP contribution in [-0.2, 0) is 4.79 Å². The summed E-state index contributed by atoms with van der Waals surface area (Å²) in [6.45, 7) is 5.66. The Bertz CT molecular complexity index is 953. The molecule has 3 rings (SSSR count). The third kappa shape index (κ3) is 4.11. The highest BCUT2D eigenvalue weighted by molar-refractivity contribution is 6.35. The first kappa shape index (κ1) is 18.5. The topological polar surface area (TPSA) is 64.4 Å². The van der Waals surface area contributed by atoms with Crippen molar-refractivity contribution in [3.63, 3.8) is 0 Å². The molecule has 1 heterocycles. The van der Waals surface area contributed by atoms with Gasteiger partial charge >= 0.3 is 0 Å². The van der Waals surface area contributed by atoms with Gasteiger partial charge in [0.25, 0.3) is 5.91 Å². The maximum atomic E-state index is 12.4. The van der Waals surface area contributed by atoms with E-state index in [1.54, 1.807) is 37.3 Å². The number of carbonyl (C=O) groups excluding carboxylic acids is 1. The van der Waals surface area contributed by atoms with Crippen LogP contribution in [0.4, 0.5) is 5.69 Å². The lowest BCUT2D eigenvalue weighted by molar-refractivity contribution is -0.122. The van der Waals surface area contributed by atoms with Crippen LogP contribution < -0.4 is 10.1 Å². The number of aromatic nitrogens is 1. The normalized spacial score (nSPS) is 12.4. The number of nitrogens with one attached hydrogen (secondary N) is 1. The van der Waals surface area contributed by atoms with Gasteiger partial charge < -0.3 is 14.5 Å². The molecule has 0 spiro atoms. The van der Waals surface area contributed by atoms with Crippen molar-refractivity contribution in [2.75, 3.05) is 5.32 Å². The van der Waals surface area contributed by atoms with Crippen LogP contribution in [0.15, 0.2) is 40.8 Å². The summed E-state index contributed by atoms with van der Waals surface area (Å²) in [5.74, 6) is 0.945. The second-order valence-electron chi connectivity index (χ2n) is 6.21. The quantitative estimate of drug-likeness (QED) is 0.607. The van der Waals surface area contributed by atoms with Crippen LogP contribution in [0, 0.1) is 0 Å². The zero-order valence-electron chi connectivity index (χ0n) is 14.5. The van der Waals surface area contributed by atoms with Crippen LogP contribution in [0.2, 0.25) is 10.0 Å². The molecule has 0 saturated heterocycles. The van der Waals surface area contributed by atoms with Crippen molar-refractivity contribution < 1.29 is 13.9 Å². The third-order valence-corrected chi connectivity index (χ3v) is 4.26. The molecule has 0 aliphatic carbocycles. The molecule has 3 aromatic rings. The number of carbonyl (C=O) groups is 1. The average molecular weight is 393 g/mol. The molecule has 136 valence electrons. The molecule has 1 N–H and O–H groups in total. The van der Waals surface area contributed by atoms with E-state index in [-0.39, 0.29) is 11.8 Å². The summed E-state index contributed by atoms with van der Waals surface area (Å²) >= 11 is 11.9. The van der Waals surface area contributed by atoms with Crippen LogP contribution >= 0.6 is 23.2 Å². The van der Waals surface area contributed by atoms with Crippen molar-refractivity contribution >= 4 is 45.9 Å². The number of hydrogen-bond donors (Lipinski definition) is 1. The van der Waals surface area contributed by atoms with Gasteiger partial charge in [0.1, 0.15) is 11.3 Å². The number of benzene rings is 2. The molecular weight excluding hydrogens is 375 g/mol. The highest BCUT2D eigenvalue weighted by Crippen LogP contribution is 2.29. The van der Waals surface area contributed by atoms with E-state index in [2.05, 4.69) is 10.3 Å². The zero-order valence-corrected chi connectivity index (χ0v) is 16.1. The Balaban J connectivity index is 1.71. The Labute approximate surface area is 161 Å². The van der Waals surface area contributed by atoms with Crippen molar-refractivity contribution in [2.45, 2.75) is 32.8 Å². The number of anilines is 1. The summed E-state index contributed by atoms with van der Waals surface area (Å²) in [5.41, 5.74) is 1.98. The molecule has 0 saturated carbocycles. The summed E-state index contributed by atoms with van der Waals surface area (Å²) in [6.07, 6.45) is -0.745. The number of halogens is 2. The maximum absolute atomic E-state index is 12.4. The largest absolute Gasteiger partial charge is 0.479 e. The van der Waals surface area contributed by atoms with Crippen molar-refractivity contribution in [1.82, 2.24) is 4.98 Å². The van der Waals surface area contributed by atoms with Gasteiger partial charge in [-0.05, 0) is 37.3 Å². The zero-order chi connectivity index (χ0) is 18.8. The molecule has 0 aliphatic rings. The van der Waals surface area contributed by atoms with Gasteiger partial charge in [0.15, 0.2) is 17.6 Å². The number of fused-ring (bicyclic) bond motifs is 1. The first-order valence-corrected chi connectivity index (χ1v) is 8.92. The fourth-order valence-electron chi connectivity index (χ4n) is 2.33. The Morgan fingerprint density at radius 2 is 1.92 bits per heavy atom. The van der Waals surface area contributed by atoms with Crippen LogP contribution in [0.25, 0.3) is 11.1 Å². The molecule has 2 aromatic carbocycles. The molecule has 5 nitrogen and oxygen atoms in total. The fourth-order valence-corrected chi connectivity index (χ4v) is 2.78. The molecule has 1 unspecified atom stereocenters. The molecular formula is C19H18Cl2N2O3. The van der Waals surface area contributed by atoms with Gasteiger partial charge in [0.05, 0.1) is 5.02 Å². The lowest BCUT2D eigenvalue weighted by atomic mass is 10.2. The smallest absolute Gasteiger partial charge is 0.265 e.